The topological polar surface area (TPSA) is 77.0 Å². The molecule has 1 aromatic carbocycles. The molecule has 0 saturated heterocycles. The van der Waals surface area contributed by atoms with Gasteiger partial charge in [0, 0.05) is 24.1 Å². The number of benzene rings is 1. The third-order valence-electron chi connectivity index (χ3n) is 2.51. The van der Waals surface area contributed by atoms with Gasteiger partial charge in [0.2, 0.25) is 0 Å². The van der Waals surface area contributed by atoms with E-state index >= 15 is 0 Å². The highest BCUT2D eigenvalue weighted by molar-refractivity contribution is 7.98. The van der Waals surface area contributed by atoms with E-state index in [1.54, 1.807) is 18.2 Å². The fourth-order valence-electron chi connectivity index (χ4n) is 1.38. The van der Waals surface area contributed by atoms with Gasteiger partial charge in [-0.15, -0.1) is 10.2 Å². The molecule has 0 saturated carbocycles. The second-order valence-corrected chi connectivity index (χ2v) is 4.71. The van der Waals surface area contributed by atoms with Crippen molar-refractivity contribution < 1.29 is 5.11 Å². The molecule has 1 heterocycles. The maximum atomic E-state index is 9.68. The van der Waals surface area contributed by atoms with Crippen molar-refractivity contribution in [2.24, 2.45) is 7.05 Å². The normalized spacial score (nSPS) is 10.7. The van der Waals surface area contributed by atoms with Crippen LogP contribution in [0.25, 0.3) is 0 Å². The largest absolute Gasteiger partial charge is 0.508 e. The van der Waals surface area contributed by atoms with Crippen LogP contribution in [-0.2, 0) is 12.8 Å². The van der Waals surface area contributed by atoms with E-state index in [4.69, 9.17) is 5.73 Å². The van der Waals surface area contributed by atoms with Gasteiger partial charge in [-0.25, -0.2) is 0 Å². The summed E-state index contributed by atoms with van der Waals surface area (Å²) < 4.78 is 1.91. The molecule has 0 radical (unpaired) electrons. The van der Waals surface area contributed by atoms with E-state index in [1.165, 1.54) is 11.8 Å². The van der Waals surface area contributed by atoms with Crippen LogP contribution in [0.3, 0.4) is 0 Å². The number of aromatic hydroxyl groups is 1. The number of nitrogens with two attached hydrogens (primary N) is 1. The molecule has 17 heavy (non-hydrogen) atoms. The van der Waals surface area contributed by atoms with Gasteiger partial charge in [0.1, 0.15) is 11.6 Å². The van der Waals surface area contributed by atoms with Gasteiger partial charge >= 0.3 is 0 Å². The summed E-state index contributed by atoms with van der Waals surface area (Å²) in [7, 11) is 1.91. The Hall–Kier alpha value is -1.69. The third-order valence-corrected chi connectivity index (χ3v) is 3.58. The van der Waals surface area contributed by atoms with Crippen LogP contribution in [0.2, 0.25) is 0 Å². The van der Waals surface area contributed by atoms with E-state index in [-0.39, 0.29) is 5.75 Å². The van der Waals surface area contributed by atoms with Gasteiger partial charge in [-0.05, 0) is 25.1 Å². The maximum absolute atomic E-state index is 9.68. The molecule has 0 aliphatic heterocycles. The van der Waals surface area contributed by atoms with Crippen LogP contribution in [0.5, 0.6) is 5.75 Å². The highest BCUT2D eigenvalue weighted by atomic mass is 32.2. The second-order valence-electron chi connectivity index (χ2n) is 3.77. The average molecular weight is 250 g/mol. The molecule has 0 fully saturated rings. The molecule has 5 nitrogen and oxygen atoms in total. The molecule has 0 unspecified atom stereocenters. The SMILES string of the molecule is Cc1nnc(SCc2cc(N)ccc2O)n1C. The van der Waals surface area contributed by atoms with Gasteiger partial charge in [0.25, 0.3) is 0 Å². The van der Waals surface area contributed by atoms with Crippen molar-refractivity contribution in [3.63, 3.8) is 0 Å². The number of aryl methyl sites for hydroxylation is 1. The second kappa shape index (κ2) is 4.67. The quantitative estimate of drug-likeness (QED) is 0.492. The number of nitrogen functional groups attached to an aromatic ring is 1. The summed E-state index contributed by atoms with van der Waals surface area (Å²) in [5, 5.41) is 18.5. The lowest BCUT2D eigenvalue weighted by molar-refractivity contribution is 0.471. The van der Waals surface area contributed by atoms with E-state index in [2.05, 4.69) is 10.2 Å². The number of anilines is 1. The van der Waals surface area contributed by atoms with Crippen molar-refractivity contribution in [2.45, 2.75) is 17.8 Å². The Bertz CT molecular complexity index is 538. The summed E-state index contributed by atoms with van der Waals surface area (Å²) in [4.78, 5) is 0. The molecule has 2 rings (SSSR count). The lowest BCUT2D eigenvalue weighted by Crippen LogP contribution is -1.94. The minimum absolute atomic E-state index is 0.255. The Morgan fingerprint density at radius 2 is 2.18 bits per heavy atom. The number of hydrogen-bond acceptors (Lipinski definition) is 5. The van der Waals surface area contributed by atoms with Crippen LogP contribution in [0, 0.1) is 6.92 Å². The zero-order chi connectivity index (χ0) is 12.4. The zero-order valence-corrected chi connectivity index (χ0v) is 10.5. The number of hydrogen-bond donors (Lipinski definition) is 2. The van der Waals surface area contributed by atoms with E-state index in [9.17, 15) is 5.11 Å². The molecule has 2 aromatic rings. The minimum Gasteiger partial charge on any atom is -0.508 e. The molecular weight excluding hydrogens is 236 g/mol. The molecule has 6 heteroatoms. The summed E-state index contributed by atoms with van der Waals surface area (Å²) >= 11 is 1.52. The molecule has 0 aliphatic rings. The van der Waals surface area contributed by atoms with Crippen molar-refractivity contribution >= 4 is 17.4 Å². The predicted octanol–water partition coefficient (Wildman–Crippen LogP) is 1.70. The summed E-state index contributed by atoms with van der Waals surface area (Å²) in [6.07, 6.45) is 0. The van der Waals surface area contributed by atoms with Crippen LogP contribution in [0.15, 0.2) is 23.4 Å². The van der Waals surface area contributed by atoms with Crippen LogP contribution in [-0.4, -0.2) is 19.9 Å². The molecule has 0 spiro atoms. The number of nitrogens with zero attached hydrogens (tertiary/aromatic N) is 3. The number of rotatable bonds is 3. The highest BCUT2D eigenvalue weighted by Gasteiger charge is 2.08. The first-order valence-electron chi connectivity index (χ1n) is 5.14. The zero-order valence-electron chi connectivity index (χ0n) is 9.71. The molecule has 90 valence electrons. The summed E-state index contributed by atoms with van der Waals surface area (Å²) in [5.74, 6) is 1.73. The molecule has 0 aliphatic carbocycles. The van der Waals surface area contributed by atoms with Gasteiger partial charge < -0.3 is 15.4 Å². The van der Waals surface area contributed by atoms with Gasteiger partial charge in [-0.1, -0.05) is 11.8 Å². The summed E-state index contributed by atoms with van der Waals surface area (Å²) in [6.45, 7) is 1.90. The first-order chi connectivity index (χ1) is 8.08. The monoisotopic (exact) mass is 250 g/mol. The molecule has 0 amide bonds. The van der Waals surface area contributed by atoms with Gasteiger partial charge in [-0.2, -0.15) is 0 Å². The Labute approximate surface area is 104 Å². The molecular formula is C11H14N4OS. The molecule has 1 aromatic heterocycles. The minimum atomic E-state index is 0.255. The van der Waals surface area contributed by atoms with E-state index in [0.29, 0.717) is 11.4 Å². The lowest BCUT2D eigenvalue weighted by atomic mass is 10.2. The number of aromatic nitrogens is 3. The van der Waals surface area contributed by atoms with E-state index < -0.39 is 0 Å². The van der Waals surface area contributed by atoms with Gasteiger partial charge in [0.15, 0.2) is 5.16 Å². The molecule has 0 bridgehead atoms. The van der Waals surface area contributed by atoms with Crippen LogP contribution < -0.4 is 5.73 Å². The average Bonchev–Trinajstić information content (AvgIpc) is 2.62. The van der Waals surface area contributed by atoms with Crippen molar-refractivity contribution in [3.05, 3.63) is 29.6 Å². The summed E-state index contributed by atoms with van der Waals surface area (Å²) in [6, 6.07) is 5.05. The maximum Gasteiger partial charge on any atom is 0.191 e. The van der Waals surface area contributed by atoms with Crippen LogP contribution >= 0.6 is 11.8 Å². The van der Waals surface area contributed by atoms with Crippen molar-refractivity contribution in [1.29, 1.82) is 0 Å². The predicted molar refractivity (Wildman–Crippen MR) is 67.8 cm³/mol. The van der Waals surface area contributed by atoms with Crippen LogP contribution in [0.1, 0.15) is 11.4 Å². The van der Waals surface area contributed by atoms with Crippen molar-refractivity contribution in [2.75, 3.05) is 5.73 Å². The van der Waals surface area contributed by atoms with Crippen LogP contribution in [0.4, 0.5) is 5.69 Å². The van der Waals surface area contributed by atoms with E-state index in [1.807, 2.05) is 18.5 Å². The van der Waals surface area contributed by atoms with Gasteiger partial charge in [-0.3, -0.25) is 0 Å². The fourth-order valence-corrected chi connectivity index (χ4v) is 2.32. The van der Waals surface area contributed by atoms with E-state index in [0.717, 1.165) is 16.5 Å². The Kier molecular flexibility index (Phi) is 3.23. The van der Waals surface area contributed by atoms with Crippen molar-refractivity contribution in [3.8, 4) is 5.75 Å². The fraction of sp³-hybridized carbons (Fsp3) is 0.273. The third kappa shape index (κ3) is 2.52. The van der Waals surface area contributed by atoms with Crippen molar-refractivity contribution in [1.82, 2.24) is 14.8 Å². The Balaban J connectivity index is 2.12. The van der Waals surface area contributed by atoms with Gasteiger partial charge in [0.05, 0.1) is 0 Å². The number of phenolic OH excluding ortho intramolecular Hbond substituents is 1. The Morgan fingerprint density at radius 3 is 2.82 bits per heavy atom. The standard InChI is InChI=1S/C11H14N4OS/c1-7-13-14-11(15(7)2)17-6-8-5-9(12)3-4-10(8)16/h3-5,16H,6,12H2,1-2H3. The molecule has 0 atom stereocenters. The smallest absolute Gasteiger partial charge is 0.191 e. The first-order valence-corrected chi connectivity index (χ1v) is 6.12. The highest BCUT2D eigenvalue weighted by Crippen LogP contribution is 2.27. The number of phenols is 1. The summed E-state index contributed by atoms with van der Waals surface area (Å²) in [5.41, 5.74) is 7.12. The Morgan fingerprint density at radius 1 is 1.41 bits per heavy atom. The molecule has 3 N–H and O–H groups in total. The first kappa shape index (κ1) is 11.8. The number of thioether (sulfide) groups is 1. The lowest BCUT2D eigenvalue weighted by Gasteiger charge is -2.05.